The maximum atomic E-state index is 8.86. The lowest BCUT2D eigenvalue weighted by molar-refractivity contribution is 0.307. The molecule has 0 bridgehead atoms. The average Bonchev–Trinajstić information content (AvgIpc) is 3.26. The number of nitriles is 2. The lowest BCUT2D eigenvalue weighted by atomic mass is 10.2. The predicted octanol–water partition coefficient (Wildman–Crippen LogP) is 2.51. The first kappa shape index (κ1) is 18.9. The first-order valence-electron chi connectivity index (χ1n) is 8.09. The molecular weight excluding hydrogens is 340 g/mol. The Balaban J connectivity index is 1.57. The number of unbranched alkanes of at least 4 members (excludes halogenated alkanes) is 3. The Morgan fingerprint density at radius 1 is 0.808 bits per heavy atom. The molecule has 0 aromatic carbocycles. The monoisotopic (exact) mass is 360 g/mol. The summed E-state index contributed by atoms with van der Waals surface area (Å²) in [5, 5.41) is 23.8. The highest BCUT2D eigenvalue weighted by Gasteiger charge is 2.13. The molecule has 0 saturated carbocycles. The van der Waals surface area contributed by atoms with Crippen molar-refractivity contribution in [1.82, 2.24) is 9.97 Å². The van der Waals surface area contributed by atoms with Gasteiger partial charge in [-0.25, -0.2) is 0 Å². The molecule has 0 fully saturated rings. The van der Waals surface area contributed by atoms with E-state index in [0.717, 1.165) is 25.7 Å². The number of nitrogens with zero attached hydrogens (tertiary/aromatic N) is 4. The van der Waals surface area contributed by atoms with Crippen molar-refractivity contribution in [3.8, 4) is 24.0 Å². The largest absolute Gasteiger partial charge is 0.466 e. The molecule has 0 unspecified atom stereocenters. The maximum absolute atomic E-state index is 8.86. The molecule has 0 aliphatic carbocycles. The molecule has 2 aromatic rings. The van der Waals surface area contributed by atoms with Crippen molar-refractivity contribution in [2.45, 2.75) is 25.7 Å². The topological polar surface area (TPSA) is 142 Å². The summed E-state index contributed by atoms with van der Waals surface area (Å²) in [5.74, 6) is 0.229. The van der Waals surface area contributed by atoms with E-state index in [-0.39, 0.29) is 35.3 Å². The number of hydrogen-bond donors (Lipinski definition) is 2. The Hall–Kier alpha value is -3.40. The van der Waals surface area contributed by atoms with Gasteiger partial charge in [0.25, 0.3) is 12.0 Å². The SMILES string of the molecule is COc1oc(NCCCCCCNc2nc(C#N)c(OC)o2)nc1C#N. The molecular formula is C16H20N6O4. The number of hydrogen-bond acceptors (Lipinski definition) is 10. The van der Waals surface area contributed by atoms with Crippen molar-refractivity contribution in [2.24, 2.45) is 0 Å². The molecule has 0 atom stereocenters. The molecule has 0 saturated heterocycles. The predicted molar refractivity (Wildman–Crippen MR) is 91.0 cm³/mol. The van der Waals surface area contributed by atoms with Gasteiger partial charge in [0.05, 0.1) is 14.2 Å². The summed E-state index contributed by atoms with van der Waals surface area (Å²) in [6.07, 6.45) is 3.88. The molecule has 0 aliphatic heterocycles. The lowest BCUT2D eigenvalue weighted by Crippen LogP contribution is -2.04. The minimum atomic E-state index is 0.115. The fourth-order valence-corrected chi connectivity index (χ4v) is 2.18. The summed E-state index contributed by atoms with van der Waals surface area (Å²) in [5.41, 5.74) is 0.257. The minimum Gasteiger partial charge on any atom is -0.466 e. The van der Waals surface area contributed by atoms with Gasteiger partial charge in [0.1, 0.15) is 12.1 Å². The average molecular weight is 360 g/mol. The third-order valence-corrected chi connectivity index (χ3v) is 3.43. The Labute approximate surface area is 150 Å². The van der Waals surface area contributed by atoms with Gasteiger partial charge >= 0.3 is 11.9 Å². The maximum Gasteiger partial charge on any atom is 0.325 e. The van der Waals surface area contributed by atoms with Crippen molar-refractivity contribution in [3.63, 3.8) is 0 Å². The van der Waals surface area contributed by atoms with Gasteiger partial charge in [-0.1, -0.05) is 12.8 Å². The van der Waals surface area contributed by atoms with E-state index in [4.69, 9.17) is 28.8 Å². The van der Waals surface area contributed by atoms with Gasteiger partial charge in [0, 0.05) is 13.1 Å². The van der Waals surface area contributed by atoms with Crippen molar-refractivity contribution < 1.29 is 18.3 Å². The Morgan fingerprint density at radius 2 is 1.23 bits per heavy atom. The second-order valence-electron chi connectivity index (χ2n) is 5.21. The van der Waals surface area contributed by atoms with Gasteiger partial charge in [0.15, 0.2) is 0 Å². The zero-order valence-corrected chi connectivity index (χ0v) is 14.7. The highest BCUT2D eigenvalue weighted by atomic mass is 16.6. The van der Waals surface area contributed by atoms with E-state index in [2.05, 4.69) is 20.6 Å². The number of nitrogens with one attached hydrogen (secondary N) is 2. The van der Waals surface area contributed by atoms with Crippen LogP contribution in [0.5, 0.6) is 11.9 Å². The standard InChI is InChI=1S/C16H20N6O4/c1-23-13-11(9-17)21-15(25-13)19-7-5-3-4-6-8-20-16-22-12(10-18)14(24-2)26-16/h3-8H2,1-2H3,(H,19,21)(H,20,22). The zero-order valence-electron chi connectivity index (χ0n) is 14.7. The summed E-state index contributed by atoms with van der Waals surface area (Å²) in [7, 11) is 2.85. The normalized spacial score (nSPS) is 10.0. The third kappa shape index (κ3) is 5.05. The van der Waals surface area contributed by atoms with E-state index in [9.17, 15) is 0 Å². The number of methoxy groups -OCH3 is 2. The minimum absolute atomic E-state index is 0.115. The van der Waals surface area contributed by atoms with Crippen molar-refractivity contribution in [1.29, 1.82) is 10.5 Å². The van der Waals surface area contributed by atoms with E-state index in [1.54, 1.807) is 0 Å². The molecule has 2 aromatic heterocycles. The van der Waals surface area contributed by atoms with E-state index in [1.165, 1.54) is 14.2 Å². The smallest absolute Gasteiger partial charge is 0.325 e. The fraction of sp³-hybridized carbons (Fsp3) is 0.500. The number of oxazole rings is 2. The summed E-state index contributed by atoms with van der Waals surface area (Å²) in [4.78, 5) is 7.96. The van der Waals surface area contributed by atoms with Crippen molar-refractivity contribution >= 4 is 12.0 Å². The van der Waals surface area contributed by atoms with Crippen LogP contribution >= 0.6 is 0 Å². The van der Waals surface area contributed by atoms with Gasteiger partial charge in [-0.05, 0) is 12.8 Å². The van der Waals surface area contributed by atoms with Gasteiger partial charge in [-0.3, -0.25) is 0 Å². The lowest BCUT2D eigenvalue weighted by Gasteiger charge is -2.03. The van der Waals surface area contributed by atoms with Crippen molar-refractivity contribution in [2.75, 3.05) is 37.9 Å². The number of ether oxygens (including phenoxy) is 2. The molecule has 0 amide bonds. The summed E-state index contributed by atoms with van der Waals surface area (Å²) in [6, 6.07) is 4.37. The van der Waals surface area contributed by atoms with Crippen LogP contribution in [0.2, 0.25) is 0 Å². The molecule has 0 aliphatic rings. The Kier molecular flexibility index (Phi) is 7.13. The molecule has 2 rings (SSSR count). The van der Waals surface area contributed by atoms with E-state index in [0.29, 0.717) is 13.1 Å². The van der Waals surface area contributed by atoms with Crippen LogP contribution < -0.4 is 20.1 Å². The molecule has 26 heavy (non-hydrogen) atoms. The highest BCUT2D eigenvalue weighted by Crippen LogP contribution is 2.22. The van der Waals surface area contributed by atoms with Crippen LogP contribution in [0, 0.1) is 22.7 Å². The molecule has 10 heteroatoms. The van der Waals surface area contributed by atoms with Crippen LogP contribution in [-0.2, 0) is 0 Å². The van der Waals surface area contributed by atoms with Crippen LogP contribution in [0.1, 0.15) is 37.1 Å². The molecule has 0 spiro atoms. The first-order chi connectivity index (χ1) is 12.7. The Bertz CT molecular complexity index is 719. The molecule has 2 heterocycles. The summed E-state index contributed by atoms with van der Waals surface area (Å²) >= 11 is 0. The quantitative estimate of drug-likeness (QED) is 0.574. The molecule has 2 N–H and O–H groups in total. The molecule has 10 nitrogen and oxygen atoms in total. The second kappa shape index (κ2) is 9.79. The van der Waals surface area contributed by atoms with Gasteiger partial charge in [-0.2, -0.15) is 20.5 Å². The van der Waals surface area contributed by atoms with Gasteiger partial charge in [-0.15, -0.1) is 0 Å². The number of aromatic nitrogens is 2. The zero-order chi connectivity index (χ0) is 18.8. The van der Waals surface area contributed by atoms with E-state index < -0.39 is 0 Å². The molecule has 0 radical (unpaired) electrons. The van der Waals surface area contributed by atoms with Gasteiger partial charge in [0.2, 0.25) is 11.4 Å². The molecule has 138 valence electrons. The first-order valence-corrected chi connectivity index (χ1v) is 8.09. The Morgan fingerprint density at radius 3 is 1.54 bits per heavy atom. The van der Waals surface area contributed by atoms with E-state index in [1.807, 2.05) is 12.1 Å². The van der Waals surface area contributed by atoms with Crippen LogP contribution in [-0.4, -0.2) is 37.3 Å². The van der Waals surface area contributed by atoms with E-state index >= 15 is 0 Å². The van der Waals surface area contributed by atoms with Crippen LogP contribution in [0.25, 0.3) is 0 Å². The summed E-state index contributed by atoms with van der Waals surface area (Å²) < 4.78 is 20.3. The highest BCUT2D eigenvalue weighted by molar-refractivity contribution is 5.37. The van der Waals surface area contributed by atoms with Crippen LogP contribution in [0.4, 0.5) is 12.0 Å². The summed E-state index contributed by atoms with van der Waals surface area (Å²) in [6.45, 7) is 1.37. The van der Waals surface area contributed by atoms with Gasteiger partial charge < -0.3 is 28.9 Å². The second-order valence-corrected chi connectivity index (χ2v) is 5.21. The van der Waals surface area contributed by atoms with Crippen LogP contribution in [0.15, 0.2) is 8.83 Å². The third-order valence-electron chi connectivity index (χ3n) is 3.43. The number of anilines is 2. The van der Waals surface area contributed by atoms with Crippen LogP contribution in [0.3, 0.4) is 0 Å². The fourth-order valence-electron chi connectivity index (χ4n) is 2.18. The van der Waals surface area contributed by atoms with Crippen molar-refractivity contribution in [3.05, 3.63) is 11.4 Å². The number of rotatable bonds is 11.